The highest BCUT2D eigenvalue weighted by Crippen LogP contribution is 2.09. The van der Waals surface area contributed by atoms with Gasteiger partial charge in [0.05, 0.1) is 6.54 Å². The van der Waals surface area contributed by atoms with Crippen molar-refractivity contribution in [3.8, 4) is 0 Å². The van der Waals surface area contributed by atoms with Crippen LogP contribution in [0.15, 0.2) is 28.8 Å². The molecular formula is C13H13FN2O2. The zero-order valence-electron chi connectivity index (χ0n) is 10.2. The predicted molar refractivity (Wildman–Crippen MR) is 63.5 cm³/mol. The number of rotatable bonds is 3. The van der Waals surface area contributed by atoms with Crippen LogP contribution in [0.25, 0.3) is 0 Å². The molecule has 4 nitrogen and oxygen atoms in total. The zero-order chi connectivity index (χ0) is 13.1. The fourth-order valence-corrected chi connectivity index (χ4v) is 1.56. The van der Waals surface area contributed by atoms with E-state index in [1.165, 1.54) is 18.2 Å². The molecule has 0 unspecified atom stereocenters. The number of nitrogens with one attached hydrogen (secondary N) is 1. The van der Waals surface area contributed by atoms with Crippen LogP contribution in [0.3, 0.4) is 0 Å². The smallest absolute Gasteiger partial charge is 0.251 e. The van der Waals surface area contributed by atoms with Crippen molar-refractivity contribution in [2.75, 3.05) is 0 Å². The number of aromatic nitrogens is 1. The van der Waals surface area contributed by atoms with Crippen LogP contribution in [-0.4, -0.2) is 11.1 Å². The van der Waals surface area contributed by atoms with Crippen molar-refractivity contribution in [2.45, 2.75) is 20.4 Å². The van der Waals surface area contributed by atoms with Gasteiger partial charge in [0.15, 0.2) is 0 Å². The molecule has 1 aromatic heterocycles. The van der Waals surface area contributed by atoms with Crippen LogP contribution in [-0.2, 0) is 6.54 Å². The summed E-state index contributed by atoms with van der Waals surface area (Å²) >= 11 is 0. The fourth-order valence-electron chi connectivity index (χ4n) is 1.56. The van der Waals surface area contributed by atoms with Gasteiger partial charge in [0.1, 0.15) is 17.3 Å². The summed E-state index contributed by atoms with van der Waals surface area (Å²) in [5.41, 5.74) is 1.52. The molecule has 0 aliphatic heterocycles. The Labute approximate surface area is 104 Å². The summed E-state index contributed by atoms with van der Waals surface area (Å²) < 4.78 is 17.9. The topological polar surface area (TPSA) is 55.1 Å². The maximum atomic E-state index is 13.1. The lowest BCUT2D eigenvalue weighted by molar-refractivity contribution is 0.0950. The number of amides is 1. The Balaban J connectivity index is 2.01. The van der Waals surface area contributed by atoms with Gasteiger partial charge in [0, 0.05) is 11.6 Å². The second-order valence-electron chi connectivity index (χ2n) is 4.08. The fraction of sp³-hybridized carbons (Fsp3) is 0.231. The molecule has 0 atom stereocenters. The molecule has 2 rings (SSSR count). The molecule has 1 aromatic carbocycles. The van der Waals surface area contributed by atoms with E-state index in [9.17, 15) is 9.18 Å². The van der Waals surface area contributed by atoms with E-state index in [2.05, 4.69) is 10.5 Å². The van der Waals surface area contributed by atoms with Crippen LogP contribution in [0.5, 0.6) is 0 Å². The maximum absolute atomic E-state index is 13.1. The minimum Gasteiger partial charge on any atom is -0.361 e. The van der Waals surface area contributed by atoms with Crippen molar-refractivity contribution in [1.29, 1.82) is 0 Å². The SMILES string of the molecule is Cc1cc(CNC(=O)c2ccc(F)c(C)c2)no1. The van der Waals surface area contributed by atoms with Crippen LogP contribution in [0.2, 0.25) is 0 Å². The highest BCUT2D eigenvalue weighted by molar-refractivity contribution is 5.94. The standard InChI is InChI=1S/C13H13FN2O2/c1-8-5-10(3-4-12(8)14)13(17)15-7-11-6-9(2)18-16-11/h3-6H,7H2,1-2H3,(H,15,17). The van der Waals surface area contributed by atoms with Gasteiger partial charge in [-0.05, 0) is 37.6 Å². The molecule has 0 fully saturated rings. The molecule has 0 aliphatic carbocycles. The number of nitrogens with zero attached hydrogens (tertiary/aromatic N) is 1. The van der Waals surface area contributed by atoms with Gasteiger partial charge in [-0.1, -0.05) is 5.16 Å². The van der Waals surface area contributed by atoms with Crippen molar-refractivity contribution < 1.29 is 13.7 Å². The van der Waals surface area contributed by atoms with Gasteiger partial charge in [-0.15, -0.1) is 0 Å². The summed E-state index contributed by atoms with van der Waals surface area (Å²) in [4.78, 5) is 11.8. The van der Waals surface area contributed by atoms with Crippen LogP contribution in [0.1, 0.15) is 27.4 Å². The van der Waals surface area contributed by atoms with Crippen LogP contribution >= 0.6 is 0 Å². The lowest BCUT2D eigenvalue weighted by atomic mass is 10.1. The van der Waals surface area contributed by atoms with Crippen LogP contribution < -0.4 is 5.32 Å². The average Bonchev–Trinajstić information content (AvgIpc) is 2.75. The van der Waals surface area contributed by atoms with E-state index in [1.54, 1.807) is 19.9 Å². The van der Waals surface area contributed by atoms with E-state index < -0.39 is 0 Å². The summed E-state index contributed by atoms with van der Waals surface area (Å²) in [6.45, 7) is 3.68. The van der Waals surface area contributed by atoms with Gasteiger partial charge in [0.2, 0.25) is 0 Å². The minimum absolute atomic E-state index is 0.265. The van der Waals surface area contributed by atoms with E-state index in [1.807, 2.05) is 0 Å². The quantitative estimate of drug-likeness (QED) is 0.907. The molecule has 1 heterocycles. The van der Waals surface area contributed by atoms with Crippen LogP contribution in [0, 0.1) is 19.7 Å². The molecule has 0 spiro atoms. The molecular weight excluding hydrogens is 235 g/mol. The van der Waals surface area contributed by atoms with Crippen molar-refractivity contribution in [1.82, 2.24) is 10.5 Å². The summed E-state index contributed by atoms with van der Waals surface area (Å²) in [7, 11) is 0. The molecule has 18 heavy (non-hydrogen) atoms. The van der Waals surface area contributed by atoms with Crippen molar-refractivity contribution >= 4 is 5.91 Å². The highest BCUT2D eigenvalue weighted by atomic mass is 19.1. The number of aryl methyl sites for hydroxylation is 2. The van der Waals surface area contributed by atoms with E-state index >= 15 is 0 Å². The first kappa shape index (κ1) is 12.3. The Morgan fingerprint density at radius 1 is 1.39 bits per heavy atom. The number of hydrogen-bond acceptors (Lipinski definition) is 3. The van der Waals surface area contributed by atoms with Crippen molar-refractivity contribution in [2.24, 2.45) is 0 Å². The summed E-state index contributed by atoms with van der Waals surface area (Å²) in [5, 5.41) is 6.45. The molecule has 2 aromatic rings. The molecule has 0 bridgehead atoms. The van der Waals surface area contributed by atoms with E-state index in [-0.39, 0.29) is 18.3 Å². The molecule has 0 saturated carbocycles. The second kappa shape index (κ2) is 5.00. The number of carbonyl (C=O) groups is 1. The van der Waals surface area contributed by atoms with E-state index in [0.29, 0.717) is 22.6 Å². The normalized spacial score (nSPS) is 10.4. The monoisotopic (exact) mass is 248 g/mol. The number of halogens is 1. The Hall–Kier alpha value is -2.17. The summed E-state index contributed by atoms with van der Waals surface area (Å²) in [5.74, 6) is 0.106. The third kappa shape index (κ3) is 2.74. The summed E-state index contributed by atoms with van der Waals surface area (Å²) in [6, 6.07) is 5.99. The van der Waals surface area contributed by atoms with Crippen LogP contribution in [0.4, 0.5) is 4.39 Å². The Morgan fingerprint density at radius 3 is 2.78 bits per heavy atom. The van der Waals surface area contributed by atoms with Gasteiger partial charge in [0.25, 0.3) is 5.91 Å². The Kier molecular flexibility index (Phi) is 3.41. The molecule has 5 heteroatoms. The minimum atomic E-state index is -0.321. The van der Waals surface area contributed by atoms with E-state index in [0.717, 1.165) is 0 Å². The first-order chi connectivity index (χ1) is 8.56. The third-order valence-electron chi connectivity index (χ3n) is 2.53. The molecule has 0 radical (unpaired) electrons. The van der Waals surface area contributed by atoms with Crippen molar-refractivity contribution in [3.63, 3.8) is 0 Å². The Bertz CT molecular complexity index is 578. The largest absolute Gasteiger partial charge is 0.361 e. The second-order valence-corrected chi connectivity index (χ2v) is 4.08. The highest BCUT2D eigenvalue weighted by Gasteiger charge is 2.08. The van der Waals surface area contributed by atoms with Gasteiger partial charge in [-0.25, -0.2) is 4.39 Å². The van der Waals surface area contributed by atoms with Gasteiger partial charge in [-0.3, -0.25) is 4.79 Å². The molecule has 0 aliphatic rings. The average molecular weight is 248 g/mol. The van der Waals surface area contributed by atoms with Crippen molar-refractivity contribution in [3.05, 3.63) is 52.7 Å². The maximum Gasteiger partial charge on any atom is 0.251 e. The molecule has 94 valence electrons. The number of carbonyl (C=O) groups excluding carboxylic acids is 1. The molecule has 0 saturated heterocycles. The molecule has 1 amide bonds. The first-order valence-corrected chi connectivity index (χ1v) is 5.53. The Morgan fingerprint density at radius 2 is 2.17 bits per heavy atom. The molecule has 1 N–H and O–H groups in total. The van der Waals surface area contributed by atoms with Gasteiger partial charge < -0.3 is 9.84 Å². The van der Waals surface area contributed by atoms with Gasteiger partial charge in [-0.2, -0.15) is 0 Å². The third-order valence-corrected chi connectivity index (χ3v) is 2.53. The predicted octanol–water partition coefficient (Wildman–Crippen LogP) is 2.36. The zero-order valence-corrected chi connectivity index (χ0v) is 10.2. The summed E-state index contributed by atoms with van der Waals surface area (Å²) in [6.07, 6.45) is 0. The van der Waals surface area contributed by atoms with Gasteiger partial charge >= 0.3 is 0 Å². The lowest BCUT2D eigenvalue weighted by Crippen LogP contribution is -2.23. The number of benzene rings is 1. The first-order valence-electron chi connectivity index (χ1n) is 5.53. The van der Waals surface area contributed by atoms with E-state index in [4.69, 9.17) is 4.52 Å². The number of hydrogen-bond donors (Lipinski definition) is 1. The lowest BCUT2D eigenvalue weighted by Gasteiger charge is -2.04.